The number of aryl methyl sites for hydroxylation is 9. The number of rotatable bonds is 6. The van der Waals surface area contributed by atoms with Crippen LogP contribution in [0.25, 0.3) is 65.4 Å². The SMILES string of the molecule is Cc1cc(C)cc(N(c2cc(C)cc(C)c2)c2ccc3cc4c(cc3c2)oc2cc3oc5cc6cc(N(c7cc(C)cc(C)c7)c7cc(C)cc(C)c7)ccc6cc5c3c(C)c24)c1. The lowest BCUT2D eigenvalue weighted by atomic mass is 9.98. The van der Waals surface area contributed by atoms with Gasteiger partial charge in [-0.2, -0.15) is 0 Å². The van der Waals surface area contributed by atoms with E-state index in [1.54, 1.807) is 0 Å². The minimum atomic E-state index is 0.834. The molecule has 0 N–H and O–H groups in total. The van der Waals surface area contributed by atoms with Gasteiger partial charge in [-0.05, 0) is 231 Å². The molecule has 0 saturated heterocycles. The summed E-state index contributed by atoms with van der Waals surface area (Å²) in [5, 5.41) is 9.09. The molecule has 11 aromatic rings. The van der Waals surface area contributed by atoms with Gasteiger partial charge in [0.1, 0.15) is 22.3 Å². The quantitative estimate of drug-likeness (QED) is 0.167. The zero-order valence-corrected chi connectivity index (χ0v) is 37.5. The van der Waals surface area contributed by atoms with Crippen LogP contribution in [0.1, 0.15) is 50.1 Å². The fraction of sp³-hybridized carbons (Fsp3) is 0.153. The molecule has 0 atom stereocenters. The number of hydrogen-bond donors (Lipinski definition) is 0. The molecular formula is C59H50N2O2. The summed E-state index contributed by atoms with van der Waals surface area (Å²) in [5.74, 6) is 0. The Labute approximate surface area is 368 Å². The number of anilines is 6. The fourth-order valence-electron chi connectivity index (χ4n) is 10.4. The molecule has 0 aliphatic heterocycles. The molecule has 11 rings (SSSR count). The van der Waals surface area contributed by atoms with Crippen LogP contribution in [0, 0.1) is 62.3 Å². The van der Waals surface area contributed by atoms with Gasteiger partial charge in [-0.15, -0.1) is 0 Å². The topological polar surface area (TPSA) is 32.8 Å². The van der Waals surface area contributed by atoms with Crippen molar-refractivity contribution in [3.63, 3.8) is 0 Å². The zero-order valence-electron chi connectivity index (χ0n) is 37.5. The summed E-state index contributed by atoms with van der Waals surface area (Å²) in [4.78, 5) is 4.75. The maximum atomic E-state index is 6.74. The van der Waals surface area contributed by atoms with Crippen molar-refractivity contribution >= 4 is 99.5 Å². The van der Waals surface area contributed by atoms with Crippen molar-refractivity contribution in [2.45, 2.75) is 62.3 Å². The summed E-state index contributed by atoms with van der Waals surface area (Å²) >= 11 is 0. The normalized spacial score (nSPS) is 11.9. The van der Waals surface area contributed by atoms with Crippen molar-refractivity contribution in [3.8, 4) is 0 Å². The highest BCUT2D eigenvalue weighted by atomic mass is 16.3. The van der Waals surface area contributed by atoms with Crippen LogP contribution in [-0.2, 0) is 0 Å². The van der Waals surface area contributed by atoms with Crippen molar-refractivity contribution in [1.82, 2.24) is 0 Å². The molecule has 4 nitrogen and oxygen atoms in total. The van der Waals surface area contributed by atoms with Gasteiger partial charge >= 0.3 is 0 Å². The van der Waals surface area contributed by atoms with Gasteiger partial charge in [-0.3, -0.25) is 0 Å². The molecule has 308 valence electrons. The second-order valence-corrected chi connectivity index (χ2v) is 18.3. The summed E-state index contributed by atoms with van der Waals surface area (Å²) in [7, 11) is 0. The van der Waals surface area contributed by atoms with Gasteiger partial charge in [0.25, 0.3) is 0 Å². The largest absolute Gasteiger partial charge is 0.456 e. The van der Waals surface area contributed by atoms with Crippen LogP contribution in [0.2, 0.25) is 0 Å². The number of hydrogen-bond acceptors (Lipinski definition) is 4. The van der Waals surface area contributed by atoms with Gasteiger partial charge in [0.05, 0.1) is 0 Å². The van der Waals surface area contributed by atoms with E-state index in [2.05, 4.69) is 212 Å². The van der Waals surface area contributed by atoms with Gasteiger partial charge in [-0.1, -0.05) is 36.4 Å². The minimum absolute atomic E-state index is 0.834. The molecule has 0 bridgehead atoms. The molecule has 2 heterocycles. The van der Waals surface area contributed by atoms with Gasteiger partial charge in [0.2, 0.25) is 0 Å². The first-order valence-electron chi connectivity index (χ1n) is 21.9. The van der Waals surface area contributed by atoms with Crippen molar-refractivity contribution in [2.75, 3.05) is 9.80 Å². The number of nitrogens with zero attached hydrogens (tertiary/aromatic N) is 2. The van der Waals surface area contributed by atoms with Gasteiger partial charge in [-0.25, -0.2) is 0 Å². The first-order chi connectivity index (χ1) is 30.3. The van der Waals surface area contributed by atoms with Crippen LogP contribution in [0.4, 0.5) is 34.1 Å². The van der Waals surface area contributed by atoms with Crippen molar-refractivity contribution < 1.29 is 8.83 Å². The molecule has 0 saturated carbocycles. The summed E-state index contributed by atoms with van der Waals surface area (Å²) < 4.78 is 13.5. The van der Waals surface area contributed by atoms with E-state index in [9.17, 15) is 0 Å². The highest BCUT2D eigenvalue weighted by molar-refractivity contribution is 6.21. The summed E-state index contributed by atoms with van der Waals surface area (Å²) in [6.45, 7) is 19.6. The van der Waals surface area contributed by atoms with Crippen LogP contribution in [0.5, 0.6) is 0 Å². The van der Waals surface area contributed by atoms with E-state index >= 15 is 0 Å². The molecule has 0 amide bonds. The number of fused-ring (bicyclic) bond motifs is 8. The van der Waals surface area contributed by atoms with E-state index in [-0.39, 0.29) is 0 Å². The highest BCUT2D eigenvalue weighted by Gasteiger charge is 2.21. The molecule has 0 aliphatic carbocycles. The van der Waals surface area contributed by atoms with Crippen LogP contribution in [0.3, 0.4) is 0 Å². The Morgan fingerprint density at radius 3 is 0.905 bits per heavy atom. The van der Waals surface area contributed by atoms with E-state index in [4.69, 9.17) is 8.83 Å². The Bertz CT molecular complexity index is 3270. The molecule has 63 heavy (non-hydrogen) atoms. The van der Waals surface area contributed by atoms with Gasteiger partial charge in [0, 0.05) is 61.7 Å². The Balaban J connectivity index is 1.03. The lowest BCUT2D eigenvalue weighted by Crippen LogP contribution is -2.11. The zero-order chi connectivity index (χ0) is 43.4. The summed E-state index contributed by atoms with van der Waals surface area (Å²) in [6, 6.07) is 51.8. The molecule has 4 heteroatoms. The van der Waals surface area contributed by atoms with Gasteiger partial charge in [0.15, 0.2) is 0 Å². The van der Waals surface area contributed by atoms with Crippen LogP contribution in [0.15, 0.2) is 148 Å². The predicted octanol–water partition coefficient (Wildman–Crippen LogP) is 17.5. The average Bonchev–Trinajstić information content (AvgIpc) is 3.74. The first kappa shape index (κ1) is 38.6. The monoisotopic (exact) mass is 818 g/mol. The third kappa shape index (κ3) is 6.69. The Kier molecular flexibility index (Phi) is 8.82. The maximum absolute atomic E-state index is 6.74. The van der Waals surface area contributed by atoms with Gasteiger partial charge < -0.3 is 18.6 Å². The minimum Gasteiger partial charge on any atom is -0.456 e. The lowest BCUT2D eigenvalue weighted by Gasteiger charge is -2.27. The molecule has 9 aromatic carbocycles. The van der Waals surface area contributed by atoms with Crippen molar-refractivity contribution in [1.29, 1.82) is 0 Å². The summed E-state index contributed by atoms with van der Waals surface area (Å²) in [5.41, 5.74) is 21.3. The van der Waals surface area contributed by atoms with E-state index < -0.39 is 0 Å². The fourth-order valence-corrected chi connectivity index (χ4v) is 10.4. The van der Waals surface area contributed by atoms with Crippen LogP contribution in [-0.4, -0.2) is 0 Å². The van der Waals surface area contributed by atoms with Crippen LogP contribution >= 0.6 is 0 Å². The molecule has 0 unspecified atom stereocenters. The van der Waals surface area contributed by atoms with E-state index in [0.29, 0.717) is 0 Å². The van der Waals surface area contributed by atoms with E-state index in [1.165, 1.54) is 60.8 Å². The Hall–Kier alpha value is -7.30. The first-order valence-corrected chi connectivity index (χ1v) is 21.9. The smallest absolute Gasteiger partial charge is 0.139 e. The van der Waals surface area contributed by atoms with Crippen LogP contribution < -0.4 is 9.80 Å². The molecular weight excluding hydrogens is 769 g/mol. The van der Waals surface area contributed by atoms with Crippen molar-refractivity contribution in [2.24, 2.45) is 0 Å². The second-order valence-electron chi connectivity index (χ2n) is 18.3. The summed E-state index contributed by atoms with van der Waals surface area (Å²) in [6.07, 6.45) is 0. The Morgan fingerprint density at radius 2 is 0.587 bits per heavy atom. The predicted molar refractivity (Wildman–Crippen MR) is 268 cm³/mol. The second kappa shape index (κ2) is 14.4. The average molecular weight is 819 g/mol. The van der Waals surface area contributed by atoms with E-state index in [0.717, 1.165) is 88.8 Å². The maximum Gasteiger partial charge on any atom is 0.139 e. The molecule has 0 aliphatic rings. The number of benzene rings is 9. The number of furan rings is 2. The third-order valence-electron chi connectivity index (χ3n) is 12.7. The molecule has 0 fully saturated rings. The highest BCUT2D eigenvalue weighted by Crippen LogP contribution is 2.45. The van der Waals surface area contributed by atoms with E-state index in [1.807, 2.05) is 0 Å². The van der Waals surface area contributed by atoms with Crippen molar-refractivity contribution in [3.05, 3.63) is 190 Å². The molecule has 0 spiro atoms. The Morgan fingerprint density at radius 1 is 0.270 bits per heavy atom. The third-order valence-corrected chi connectivity index (χ3v) is 12.7. The molecule has 2 aromatic heterocycles. The lowest BCUT2D eigenvalue weighted by molar-refractivity contribution is 0.656. The molecule has 0 radical (unpaired) electrons. The standard InChI is InChI=1S/C59H50N2O2/c1-33-14-34(2)19-48(18-33)60(49-20-35(3)15-36(4)21-49)46-12-10-42-28-52-54(30-44(42)26-46)62-56-32-57-59(41(9)58(52)56)53-29-43-11-13-47(27-45(43)31-55(53)63-57)61(50-22-37(5)16-38(6)23-50)51-24-39(7)17-40(8)25-51/h10-32H,1-9H3.